The van der Waals surface area contributed by atoms with Crippen molar-refractivity contribution in [3.8, 4) is 0 Å². The Balaban J connectivity index is 0.000001000. The van der Waals surface area contributed by atoms with Gasteiger partial charge in [-0.05, 0) is 0 Å². The summed E-state index contributed by atoms with van der Waals surface area (Å²) in [5.74, 6) is -6.64. The van der Waals surface area contributed by atoms with Gasteiger partial charge in [0.05, 0.1) is 11.6 Å². The van der Waals surface area contributed by atoms with Crippen LogP contribution < -0.4 is 0 Å². The first-order chi connectivity index (χ1) is 4.61. The summed E-state index contributed by atoms with van der Waals surface area (Å²) in [4.78, 5) is 2.26. The number of aromatic nitrogens is 1. The first-order valence-electron chi connectivity index (χ1n) is 2.20. The van der Waals surface area contributed by atoms with Gasteiger partial charge < -0.3 is 4.98 Å². The Bertz CT molecular complexity index is 215. The van der Waals surface area contributed by atoms with E-state index in [9.17, 15) is 17.6 Å². The van der Waals surface area contributed by atoms with Gasteiger partial charge in [-0.1, -0.05) is 6.07 Å². The van der Waals surface area contributed by atoms with E-state index in [-0.39, 0.29) is 22.4 Å². The minimum absolute atomic E-state index is 0. The van der Waals surface area contributed by atoms with E-state index in [0.717, 1.165) is 6.07 Å². The number of nitrogens with zero attached hydrogens (tertiary/aromatic N) is 1. The maximum atomic E-state index is 11.9. The third kappa shape index (κ3) is 2.28. The van der Waals surface area contributed by atoms with E-state index >= 15 is 0 Å². The van der Waals surface area contributed by atoms with Crippen LogP contribution in [0.15, 0.2) is 0 Å². The van der Waals surface area contributed by atoms with Crippen LogP contribution in [0, 0.1) is 29.6 Å². The molecule has 11 heavy (non-hydrogen) atoms. The summed E-state index contributed by atoms with van der Waals surface area (Å²) < 4.78 is 47.4. The number of rotatable bonds is 0. The molecule has 0 aromatic carbocycles. The average molecular weight is 258 g/mol. The van der Waals surface area contributed by atoms with Crippen LogP contribution in [0.4, 0.5) is 17.6 Å². The van der Waals surface area contributed by atoms with Crippen molar-refractivity contribution < 1.29 is 39.9 Å². The molecule has 0 amide bonds. The molecule has 1 aromatic heterocycles. The van der Waals surface area contributed by atoms with E-state index < -0.39 is 23.5 Å². The molecule has 0 atom stereocenters. The van der Waals surface area contributed by atoms with Gasteiger partial charge in [-0.15, -0.1) is 0 Å². The van der Waals surface area contributed by atoms with Crippen molar-refractivity contribution in [2.45, 2.75) is 0 Å². The van der Waals surface area contributed by atoms with Crippen molar-refractivity contribution in [3.05, 3.63) is 29.6 Å². The third-order valence-corrected chi connectivity index (χ3v) is 0.778. The third-order valence-electron chi connectivity index (χ3n) is 0.778. The molecule has 0 bridgehead atoms. The SMILES string of the molecule is Fc1[c-]c(F)c(F)nc1F.[Ag+]. The quantitative estimate of drug-likeness (QED) is 0.297. The summed E-state index contributed by atoms with van der Waals surface area (Å²) in [5.41, 5.74) is 0. The molecule has 0 saturated carbocycles. The number of hydrogen-bond acceptors (Lipinski definition) is 1. The predicted octanol–water partition coefficient (Wildman–Crippen LogP) is 1.44. The summed E-state index contributed by atoms with van der Waals surface area (Å²) in [6.07, 6.45) is 0. The van der Waals surface area contributed by atoms with Crippen LogP contribution >= 0.6 is 0 Å². The van der Waals surface area contributed by atoms with Crippen LogP contribution in [-0.4, -0.2) is 4.98 Å². The molecular formula is C5AgF4N. The molecule has 6 heteroatoms. The second-order valence-corrected chi connectivity index (χ2v) is 1.45. The maximum Gasteiger partial charge on any atom is 1.00 e. The van der Waals surface area contributed by atoms with E-state index in [1.807, 2.05) is 0 Å². The molecule has 0 spiro atoms. The summed E-state index contributed by atoms with van der Waals surface area (Å²) in [5, 5.41) is 0. The van der Waals surface area contributed by atoms with E-state index in [1.54, 1.807) is 0 Å². The Labute approximate surface area is 74.9 Å². The molecule has 1 heterocycles. The zero-order valence-electron chi connectivity index (χ0n) is 4.76. The second-order valence-electron chi connectivity index (χ2n) is 1.45. The fourth-order valence-corrected chi connectivity index (χ4v) is 0.384. The zero-order valence-corrected chi connectivity index (χ0v) is 6.24. The molecule has 64 valence electrons. The van der Waals surface area contributed by atoms with Crippen molar-refractivity contribution in [2.75, 3.05) is 0 Å². The second kappa shape index (κ2) is 3.85. The van der Waals surface area contributed by atoms with Gasteiger partial charge in [-0.3, -0.25) is 8.78 Å². The van der Waals surface area contributed by atoms with Gasteiger partial charge in [-0.2, -0.15) is 0 Å². The first-order valence-corrected chi connectivity index (χ1v) is 2.20. The maximum absolute atomic E-state index is 11.9. The van der Waals surface area contributed by atoms with Crippen molar-refractivity contribution in [3.63, 3.8) is 0 Å². The largest absolute Gasteiger partial charge is 1.00 e. The molecule has 0 saturated heterocycles. The molecule has 0 radical (unpaired) electrons. The fraction of sp³-hybridized carbons (Fsp3) is 0. The van der Waals surface area contributed by atoms with Gasteiger partial charge in [0.2, 0.25) is 0 Å². The Morgan fingerprint density at radius 2 is 1.27 bits per heavy atom. The Hall–Kier alpha value is -0.390. The molecule has 0 aliphatic heterocycles. The van der Waals surface area contributed by atoms with E-state index in [4.69, 9.17) is 0 Å². The van der Waals surface area contributed by atoms with Crippen LogP contribution in [0.3, 0.4) is 0 Å². The summed E-state index contributed by atoms with van der Waals surface area (Å²) in [7, 11) is 0. The van der Waals surface area contributed by atoms with Crippen LogP contribution in [0.1, 0.15) is 0 Å². The Kier molecular flexibility index (Phi) is 3.71. The molecule has 0 unspecified atom stereocenters. The van der Waals surface area contributed by atoms with Crippen LogP contribution in [0.25, 0.3) is 0 Å². The summed E-state index contributed by atoms with van der Waals surface area (Å²) >= 11 is 0. The minimum Gasteiger partial charge on any atom is -0.319 e. The van der Waals surface area contributed by atoms with Crippen molar-refractivity contribution in [2.24, 2.45) is 0 Å². The van der Waals surface area contributed by atoms with E-state index in [1.165, 1.54) is 0 Å². The number of halogens is 4. The van der Waals surface area contributed by atoms with Gasteiger partial charge >= 0.3 is 22.4 Å². The van der Waals surface area contributed by atoms with Crippen molar-refractivity contribution in [1.82, 2.24) is 4.98 Å². The molecule has 0 N–H and O–H groups in total. The topological polar surface area (TPSA) is 12.9 Å². The molecule has 0 aliphatic carbocycles. The molecule has 0 aliphatic rings. The monoisotopic (exact) mass is 257 g/mol. The van der Waals surface area contributed by atoms with Crippen molar-refractivity contribution >= 4 is 0 Å². The van der Waals surface area contributed by atoms with Crippen LogP contribution in [-0.2, 0) is 22.4 Å². The average Bonchev–Trinajstić information content (AvgIpc) is 1.84. The number of hydrogen-bond donors (Lipinski definition) is 0. The number of pyridine rings is 1. The fourth-order valence-electron chi connectivity index (χ4n) is 0.384. The molecule has 0 fully saturated rings. The standard InChI is InChI=1S/C5F4N.Ag/c6-2-1-3(7)5(9)10-4(2)8;/q-1;+1. The van der Waals surface area contributed by atoms with Crippen LogP contribution in [0.5, 0.6) is 0 Å². The van der Waals surface area contributed by atoms with Gasteiger partial charge in [-0.25, -0.2) is 8.78 Å². The molecule has 1 nitrogen and oxygen atoms in total. The van der Waals surface area contributed by atoms with Gasteiger partial charge in [0.25, 0.3) is 0 Å². The first kappa shape index (κ1) is 10.6. The molecule has 1 rings (SSSR count). The smallest absolute Gasteiger partial charge is 0.319 e. The predicted molar refractivity (Wildman–Crippen MR) is 22.9 cm³/mol. The van der Waals surface area contributed by atoms with E-state index in [2.05, 4.69) is 4.98 Å². The Morgan fingerprint density at radius 1 is 0.909 bits per heavy atom. The summed E-state index contributed by atoms with van der Waals surface area (Å²) in [6, 6.07) is 1.16. The van der Waals surface area contributed by atoms with Gasteiger partial charge in [0.1, 0.15) is 11.9 Å². The zero-order chi connectivity index (χ0) is 7.72. The van der Waals surface area contributed by atoms with Gasteiger partial charge in [0.15, 0.2) is 0 Å². The van der Waals surface area contributed by atoms with Gasteiger partial charge in [0, 0.05) is 0 Å². The molecule has 1 aromatic rings. The van der Waals surface area contributed by atoms with E-state index in [0.29, 0.717) is 0 Å². The normalized spacial score (nSPS) is 9.09. The minimum atomic E-state index is -1.70. The van der Waals surface area contributed by atoms with Crippen molar-refractivity contribution in [1.29, 1.82) is 0 Å². The molecular weight excluding hydrogens is 258 g/mol. The van der Waals surface area contributed by atoms with Crippen LogP contribution in [0.2, 0.25) is 0 Å². The summed E-state index contributed by atoms with van der Waals surface area (Å²) in [6.45, 7) is 0. The Morgan fingerprint density at radius 3 is 1.55 bits per heavy atom.